The summed E-state index contributed by atoms with van der Waals surface area (Å²) in [6.45, 7) is 2.85. The van der Waals surface area contributed by atoms with Crippen LogP contribution in [0.1, 0.15) is 61.5 Å². The Labute approximate surface area is 200 Å². The lowest BCUT2D eigenvalue weighted by Crippen LogP contribution is -2.65. The molecule has 1 N–H and O–H groups in total. The van der Waals surface area contributed by atoms with Crippen LogP contribution in [-0.4, -0.2) is 39.4 Å². The van der Waals surface area contributed by atoms with Crippen molar-refractivity contribution in [3.05, 3.63) is 72.1 Å². The molecule has 1 atom stereocenters. The first-order chi connectivity index (χ1) is 16.6. The van der Waals surface area contributed by atoms with Gasteiger partial charge >= 0.3 is 0 Å². The molecule has 1 aromatic carbocycles. The minimum Gasteiger partial charge on any atom is -0.463 e. The second kappa shape index (κ2) is 9.53. The van der Waals surface area contributed by atoms with Crippen LogP contribution in [-0.2, 0) is 17.8 Å². The van der Waals surface area contributed by atoms with Gasteiger partial charge in [-0.15, -0.1) is 0 Å². The molecule has 1 aliphatic heterocycles. The van der Waals surface area contributed by atoms with Crippen molar-refractivity contribution in [1.82, 2.24) is 14.8 Å². The average molecular weight is 460 g/mol. The Balaban J connectivity index is 1.43. The molecule has 0 radical (unpaired) electrons. The van der Waals surface area contributed by atoms with Gasteiger partial charge in [0.2, 0.25) is 5.91 Å². The molecular weight excluding hydrogens is 426 g/mol. The van der Waals surface area contributed by atoms with E-state index in [-0.39, 0.29) is 17.9 Å². The lowest BCUT2D eigenvalue weighted by Gasteiger charge is -2.45. The summed E-state index contributed by atoms with van der Waals surface area (Å²) in [5, 5.41) is 3.30. The molecule has 2 amide bonds. The number of rotatable bonds is 7. The highest BCUT2D eigenvalue weighted by Crippen LogP contribution is 2.34. The number of fused-ring (bicyclic) bond motifs is 1. The Morgan fingerprint density at radius 3 is 2.53 bits per heavy atom. The first kappa shape index (κ1) is 22.5. The van der Waals surface area contributed by atoms with Gasteiger partial charge in [-0.3, -0.25) is 9.59 Å². The van der Waals surface area contributed by atoms with Gasteiger partial charge < -0.3 is 19.2 Å². The Bertz CT molecular complexity index is 1130. The van der Waals surface area contributed by atoms with E-state index in [0.717, 1.165) is 44.2 Å². The first-order valence-corrected chi connectivity index (χ1v) is 12.5. The molecule has 3 aromatic rings. The Morgan fingerprint density at radius 1 is 1.03 bits per heavy atom. The predicted molar refractivity (Wildman–Crippen MR) is 131 cm³/mol. The van der Waals surface area contributed by atoms with E-state index in [9.17, 15) is 9.59 Å². The number of aromatic nitrogens is 1. The summed E-state index contributed by atoms with van der Waals surface area (Å²) in [5.41, 5.74) is 1.70. The lowest BCUT2D eigenvalue weighted by atomic mass is 9.91. The van der Waals surface area contributed by atoms with Gasteiger partial charge in [0.1, 0.15) is 17.0 Å². The summed E-state index contributed by atoms with van der Waals surface area (Å²) in [7, 11) is 0. The minimum absolute atomic E-state index is 0.0581. The fourth-order valence-electron chi connectivity index (χ4n) is 5.44. The second-order valence-corrected chi connectivity index (χ2v) is 9.80. The Kier molecular flexibility index (Phi) is 6.31. The smallest absolute Gasteiger partial charge is 0.271 e. The molecule has 0 spiro atoms. The fraction of sp³-hybridized carbons (Fsp3) is 0.429. The summed E-state index contributed by atoms with van der Waals surface area (Å²) < 4.78 is 7.58. The van der Waals surface area contributed by atoms with E-state index >= 15 is 0 Å². The lowest BCUT2D eigenvalue weighted by molar-refractivity contribution is -0.133. The van der Waals surface area contributed by atoms with Crippen LogP contribution in [0.15, 0.2) is 65.3 Å². The number of carbonyl (C=O) groups excluding carboxylic acids is 2. The molecular formula is C28H33N3O3. The molecule has 0 bridgehead atoms. The van der Waals surface area contributed by atoms with Gasteiger partial charge in [0.25, 0.3) is 5.91 Å². The van der Waals surface area contributed by atoms with Crippen LogP contribution in [0.4, 0.5) is 0 Å². The van der Waals surface area contributed by atoms with Gasteiger partial charge in [-0.2, -0.15) is 0 Å². The molecule has 1 aliphatic carbocycles. The standard InChI is InChI=1S/C28H33N3O3/c1-28(27(33)29-22-13-6-3-7-14-22)20-30-23(25-15-9-19-34-25)16-17-24(30)26(32)31(28)18-8-12-21-10-4-2-5-11-21/h2,4-5,9-11,15-17,19,22H,3,6-8,12-14,18,20H2,1H3,(H,29,33)/t28-/m0/s1. The monoisotopic (exact) mass is 459 g/mol. The molecule has 0 saturated heterocycles. The second-order valence-electron chi connectivity index (χ2n) is 9.80. The molecule has 1 saturated carbocycles. The van der Waals surface area contributed by atoms with Crippen LogP contribution in [0.5, 0.6) is 0 Å². The normalized spacial score (nSPS) is 20.9. The summed E-state index contributed by atoms with van der Waals surface area (Å²) in [4.78, 5) is 29.3. The van der Waals surface area contributed by atoms with Crippen LogP contribution in [0.25, 0.3) is 11.5 Å². The van der Waals surface area contributed by atoms with E-state index in [0.29, 0.717) is 24.5 Å². The molecule has 0 unspecified atom stereocenters. The van der Waals surface area contributed by atoms with Gasteiger partial charge in [-0.1, -0.05) is 49.6 Å². The molecule has 34 heavy (non-hydrogen) atoms. The largest absolute Gasteiger partial charge is 0.463 e. The molecule has 2 aromatic heterocycles. The molecule has 178 valence electrons. The summed E-state index contributed by atoms with van der Waals surface area (Å²) >= 11 is 0. The number of hydrogen-bond acceptors (Lipinski definition) is 3. The third-order valence-corrected chi connectivity index (χ3v) is 7.40. The quantitative estimate of drug-likeness (QED) is 0.538. The van der Waals surface area contributed by atoms with Gasteiger partial charge in [0, 0.05) is 12.6 Å². The van der Waals surface area contributed by atoms with Gasteiger partial charge in [0.05, 0.1) is 18.5 Å². The van der Waals surface area contributed by atoms with E-state index < -0.39 is 5.54 Å². The number of nitrogens with one attached hydrogen (secondary N) is 1. The van der Waals surface area contributed by atoms with Crippen LogP contribution < -0.4 is 5.32 Å². The number of nitrogens with zero attached hydrogens (tertiary/aromatic N) is 2. The minimum atomic E-state index is -0.974. The third kappa shape index (κ3) is 4.29. The highest BCUT2D eigenvalue weighted by atomic mass is 16.3. The zero-order valence-corrected chi connectivity index (χ0v) is 19.8. The number of furan rings is 1. The number of benzene rings is 1. The maximum absolute atomic E-state index is 13.8. The topological polar surface area (TPSA) is 67.5 Å². The van der Waals surface area contributed by atoms with Crippen LogP contribution in [0.2, 0.25) is 0 Å². The summed E-state index contributed by atoms with van der Waals surface area (Å²) in [6, 6.07) is 18.0. The van der Waals surface area contributed by atoms with Crippen molar-refractivity contribution in [2.45, 2.75) is 70.0 Å². The molecule has 1 fully saturated rings. The zero-order valence-electron chi connectivity index (χ0n) is 19.8. The molecule has 6 nitrogen and oxygen atoms in total. The van der Waals surface area contributed by atoms with Crippen LogP contribution in [0.3, 0.4) is 0 Å². The summed E-state index contributed by atoms with van der Waals surface area (Å²) in [6.07, 6.45) is 8.83. The molecule has 2 aliphatic rings. The van der Waals surface area contributed by atoms with Gasteiger partial charge in [0.15, 0.2) is 0 Å². The van der Waals surface area contributed by atoms with Crippen molar-refractivity contribution in [3.8, 4) is 11.5 Å². The number of hydrogen-bond donors (Lipinski definition) is 1. The van der Waals surface area contributed by atoms with Gasteiger partial charge in [-0.25, -0.2) is 0 Å². The fourth-order valence-corrected chi connectivity index (χ4v) is 5.44. The van der Waals surface area contributed by atoms with Crippen molar-refractivity contribution in [2.24, 2.45) is 0 Å². The highest BCUT2D eigenvalue weighted by Gasteiger charge is 2.48. The van der Waals surface area contributed by atoms with Crippen LogP contribution in [0, 0.1) is 0 Å². The molecule has 6 heteroatoms. The molecule has 5 rings (SSSR count). The Morgan fingerprint density at radius 2 is 1.79 bits per heavy atom. The average Bonchev–Trinajstić information content (AvgIpc) is 3.52. The maximum Gasteiger partial charge on any atom is 0.271 e. The van der Waals surface area contributed by atoms with Crippen molar-refractivity contribution in [3.63, 3.8) is 0 Å². The van der Waals surface area contributed by atoms with Crippen molar-refractivity contribution in [1.29, 1.82) is 0 Å². The predicted octanol–water partition coefficient (Wildman–Crippen LogP) is 5.04. The van der Waals surface area contributed by atoms with Crippen LogP contribution >= 0.6 is 0 Å². The third-order valence-electron chi connectivity index (χ3n) is 7.40. The van der Waals surface area contributed by atoms with E-state index in [1.54, 1.807) is 11.2 Å². The zero-order chi connectivity index (χ0) is 23.5. The summed E-state index contributed by atoms with van der Waals surface area (Å²) in [5.74, 6) is 0.544. The number of amides is 2. The Hall–Kier alpha value is -3.28. The van der Waals surface area contributed by atoms with E-state index in [1.807, 2.05) is 54.0 Å². The SMILES string of the molecule is C[C@@]1(C(=O)NC2CCCCC2)Cn2c(ccc2-c2ccco2)C(=O)N1CCCc1ccccc1. The highest BCUT2D eigenvalue weighted by molar-refractivity contribution is 6.00. The number of carbonyl (C=O) groups is 2. The molecule has 3 heterocycles. The van der Waals surface area contributed by atoms with Crippen molar-refractivity contribution in [2.75, 3.05) is 6.54 Å². The number of aryl methyl sites for hydroxylation is 1. The van der Waals surface area contributed by atoms with E-state index in [4.69, 9.17) is 4.42 Å². The van der Waals surface area contributed by atoms with Crippen molar-refractivity contribution >= 4 is 11.8 Å². The first-order valence-electron chi connectivity index (χ1n) is 12.5. The van der Waals surface area contributed by atoms with Crippen molar-refractivity contribution < 1.29 is 14.0 Å². The maximum atomic E-state index is 13.8. The van der Waals surface area contributed by atoms with E-state index in [1.165, 1.54) is 12.0 Å². The van der Waals surface area contributed by atoms with E-state index in [2.05, 4.69) is 17.4 Å². The van der Waals surface area contributed by atoms with Gasteiger partial charge in [-0.05, 0) is 62.4 Å².